The van der Waals surface area contributed by atoms with Crippen LogP contribution in [0.5, 0.6) is 5.75 Å². The number of rotatable bonds is 6. The number of pyridine rings is 1. The number of aryl methyl sites for hydroxylation is 1. The first-order chi connectivity index (χ1) is 20.9. The first-order valence-corrected chi connectivity index (χ1v) is 12.6. The van der Waals surface area contributed by atoms with Crippen molar-refractivity contribution in [3.8, 4) is 5.75 Å². The molecule has 1 saturated heterocycles. The standard InChI is InChI=1S/C23H24N4O4.2C2HF3O2/c1-14-10-16(18-4-2-3-5-20(18)25-14)13-31-17-8-6-15(7-9-17)22(28)26-21-12-24-11-19(21)23(29)27-30;2*3-2(4,5)1(6)7/h2-10,19,21,24,30H,11-13H2,1H3,(H,26,28)(H,27,29);2*(H,6,7)/t19-,21+;;/m0../s1. The highest BCUT2D eigenvalue weighted by atomic mass is 19.4. The molecule has 0 spiro atoms. The summed E-state index contributed by atoms with van der Waals surface area (Å²) in [6, 6.07) is 16.4. The molecule has 2 aromatic carbocycles. The molecule has 2 atom stereocenters. The van der Waals surface area contributed by atoms with Crippen LogP contribution in [0.2, 0.25) is 0 Å². The number of carbonyl (C=O) groups is 4. The fraction of sp³-hybridized carbons (Fsp3) is 0.296. The number of hydrogen-bond acceptors (Lipinski definition) is 8. The van der Waals surface area contributed by atoms with E-state index in [1.807, 2.05) is 37.3 Å². The molecular weight excluding hydrogens is 622 g/mol. The molecule has 0 radical (unpaired) electrons. The summed E-state index contributed by atoms with van der Waals surface area (Å²) in [7, 11) is 0. The van der Waals surface area contributed by atoms with Gasteiger partial charge in [0.15, 0.2) is 0 Å². The minimum absolute atomic E-state index is 0.285. The minimum Gasteiger partial charge on any atom is -0.489 e. The normalized spacial score (nSPS) is 15.9. The number of fused-ring (bicyclic) bond motifs is 1. The van der Waals surface area contributed by atoms with Crippen molar-refractivity contribution < 1.29 is 65.7 Å². The van der Waals surface area contributed by atoms with Crippen LogP contribution >= 0.6 is 0 Å². The first-order valence-electron chi connectivity index (χ1n) is 12.6. The molecule has 18 heteroatoms. The van der Waals surface area contributed by atoms with Crippen molar-refractivity contribution in [2.24, 2.45) is 5.92 Å². The van der Waals surface area contributed by atoms with Gasteiger partial charge in [-0.25, -0.2) is 15.1 Å². The van der Waals surface area contributed by atoms with Gasteiger partial charge in [-0.05, 0) is 43.3 Å². The van der Waals surface area contributed by atoms with Crippen molar-refractivity contribution in [3.63, 3.8) is 0 Å². The third-order valence-electron chi connectivity index (χ3n) is 5.90. The van der Waals surface area contributed by atoms with E-state index >= 15 is 0 Å². The molecule has 1 fully saturated rings. The van der Waals surface area contributed by atoms with E-state index in [9.17, 15) is 35.9 Å². The Kier molecular flexibility index (Phi) is 12.6. The molecular formula is C27H26F6N4O8. The number of carboxylic acid groups (broad SMARTS) is 2. The fourth-order valence-corrected chi connectivity index (χ4v) is 3.82. The third-order valence-corrected chi connectivity index (χ3v) is 5.90. The number of amides is 2. The van der Waals surface area contributed by atoms with Crippen molar-refractivity contribution in [1.82, 2.24) is 21.1 Å². The fourth-order valence-electron chi connectivity index (χ4n) is 3.82. The van der Waals surface area contributed by atoms with Gasteiger partial charge in [-0.1, -0.05) is 18.2 Å². The molecule has 6 N–H and O–H groups in total. The van der Waals surface area contributed by atoms with Crippen molar-refractivity contribution in [2.45, 2.75) is 31.9 Å². The maximum Gasteiger partial charge on any atom is 0.490 e. The number of carboxylic acids is 2. The topological polar surface area (TPSA) is 187 Å². The molecule has 12 nitrogen and oxygen atoms in total. The number of benzene rings is 2. The van der Waals surface area contributed by atoms with Gasteiger partial charge in [0.1, 0.15) is 12.4 Å². The summed E-state index contributed by atoms with van der Waals surface area (Å²) in [5.74, 6) is -6.19. The Morgan fingerprint density at radius 3 is 2.02 bits per heavy atom. The summed E-state index contributed by atoms with van der Waals surface area (Å²) in [6.45, 7) is 3.21. The van der Waals surface area contributed by atoms with Gasteiger partial charge in [-0.2, -0.15) is 26.3 Å². The number of aromatic nitrogens is 1. The van der Waals surface area contributed by atoms with E-state index in [-0.39, 0.29) is 5.91 Å². The van der Waals surface area contributed by atoms with E-state index in [0.717, 1.165) is 22.2 Å². The van der Waals surface area contributed by atoms with Gasteiger partial charge in [0.05, 0.1) is 17.5 Å². The predicted molar refractivity (Wildman–Crippen MR) is 142 cm³/mol. The predicted octanol–water partition coefficient (Wildman–Crippen LogP) is 3.21. The number of ether oxygens (including phenoxy) is 1. The van der Waals surface area contributed by atoms with Crippen LogP contribution < -0.4 is 20.9 Å². The summed E-state index contributed by atoms with van der Waals surface area (Å²) < 4.78 is 69.4. The number of nitrogens with zero attached hydrogens (tertiary/aromatic N) is 1. The SMILES string of the molecule is Cc1cc(COc2ccc(C(=O)N[C@@H]3CNC[C@@H]3C(=O)NO)cc2)c2ccccc2n1.O=C(O)C(F)(F)F.O=C(O)C(F)(F)F. The Bertz CT molecular complexity index is 1480. The summed E-state index contributed by atoms with van der Waals surface area (Å²) >= 11 is 0. The zero-order valence-corrected chi connectivity index (χ0v) is 23.1. The Balaban J connectivity index is 0.000000421. The zero-order valence-electron chi connectivity index (χ0n) is 23.1. The largest absolute Gasteiger partial charge is 0.490 e. The van der Waals surface area contributed by atoms with Crippen LogP contribution in [0.15, 0.2) is 54.6 Å². The smallest absolute Gasteiger partial charge is 0.489 e. The lowest BCUT2D eigenvalue weighted by Crippen LogP contribution is -2.45. The second-order valence-corrected chi connectivity index (χ2v) is 9.18. The number of carbonyl (C=O) groups excluding carboxylic acids is 2. The summed E-state index contributed by atoms with van der Waals surface area (Å²) in [5, 5.41) is 30.0. The summed E-state index contributed by atoms with van der Waals surface area (Å²) in [4.78, 5) is 46.6. The van der Waals surface area contributed by atoms with Crippen LogP contribution in [0.3, 0.4) is 0 Å². The van der Waals surface area contributed by atoms with Gasteiger partial charge in [-0.15, -0.1) is 0 Å². The van der Waals surface area contributed by atoms with Crippen LogP contribution in [0, 0.1) is 12.8 Å². The van der Waals surface area contributed by atoms with E-state index in [4.69, 9.17) is 29.7 Å². The summed E-state index contributed by atoms with van der Waals surface area (Å²) in [6.07, 6.45) is -10.2. The van der Waals surface area contributed by atoms with Gasteiger partial charge in [0, 0.05) is 35.3 Å². The average Bonchev–Trinajstić information content (AvgIpc) is 3.43. The number of halogens is 6. The number of aliphatic carboxylic acids is 2. The molecule has 244 valence electrons. The molecule has 0 saturated carbocycles. The Hall–Kier alpha value is -4.97. The maximum absolute atomic E-state index is 12.6. The monoisotopic (exact) mass is 648 g/mol. The molecule has 1 aromatic heterocycles. The molecule has 0 aliphatic carbocycles. The summed E-state index contributed by atoms with van der Waals surface area (Å²) in [5.41, 5.74) is 5.02. The number of hydrogen-bond donors (Lipinski definition) is 6. The number of nitrogens with one attached hydrogen (secondary N) is 3. The Morgan fingerprint density at radius 2 is 1.49 bits per heavy atom. The number of para-hydroxylation sites is 1. The van der Waals surface area contributed by atoms with Crippen molar-refractivity contribution in [2.75, 3.05) is 13.1 Å². The van der Waals surface area contributed by atoms with Gasteiger partial charge in [0.2, 0.25) is 5.91 Å². The van der Waals surface area contributed by atoms with Crippen LogP contribution in [0.25, 0.3) is 10.9 Å². The first kappa shape index (κ1) is 36.2. The van der Waals surface area contributed by atoms with Gasteiger partial charge >= 0.3 is 24.3 Å². The highest BCUT2D eigenvalue weighted by Gasteiger charge is 2.39. The quantitative estimate of drug-likeness (QED) is 0.132. The van der Waals surface area contributed by atoms with Crippen LogP contribution in [-0.2, 0) is 21.0 Å². The second-order valence-electron chi connectivity index (χ2n) is 9.18. The molecule has 2 amide bonds. The molecule has 2 heterocycles. The number of hydroxylamine groups is 1. The van der Waals surface area contributed by atoms with Crippen molar-refractivity contribution >= 4 is 34.7 Å². The Morgan fingerprint density at radius 1 is 0.933 bits per heavy atom. The van der Waals surface area contributed by atoms with Crippen LogP contribution in [0.1, 0.15) is 21.6 Å². The van der Waals surface area contributed by atoms with Gasteiger partial charge in [-0.3, -0.25) is 19.8 Å². The van der Waals surface area contributed by atoms with E-state index in [1.165, 1.54) is 0 Å². The number of alkyl halides is 6. The molecule has 0 bridgehead atoms. The molecule has 4 rings (SSSR count). The van der Waals surface area contributed by atoms with E-state index < -0.39 is 42.2 Å². The highest BCUT2D eigenvalue weighted by Crippen LogP contribution is 2.21. The molecule has 45 heavy (non-hydrogen) atoms. The maximum atomic E-state index is 12.6. The van der Waals surface area contributed by atoms with E-state index in [2.05, 4.69) is 15.6 Å². The molecule has 3 aromatic rings. The second kappa shape index (κ2) is 15.7. The van der Waals surface area contributed by atoms with Crippen LogP contribution in [-0.4, -0.2) is 75.6 Å². The lowest BCUT2D eigenvalue weighted by Gasteiger charge is -2.18. The molecule has 1 aliphatic heterocycles. The third kappa shape index (κ3) is 11.2. The van der Waals surface area contributed by atoms with Gasteiger partial charge < -0.3 is 25.6 Å². The highest BCUT2D eigenvalue weighted by molar-refractivity contribution is 5.95. The Labute approximate surface area is 250 Å². The minimum atomic E-state index is -5.08. The van der Waals surface area contributed by atoms with Crippen molar-refractivity contribution in [3.05, 3.63) is 71.4 Å². The molecule has 0 unspecified atom stereocenters. The van der Waals surface area contributed by atoms with Crippen LogP contribution in [0.4, 0.5) is 26.3 Å². The van der Waals surface area contributed by atoms with Gasteiger partial charge in [0.25, 0.3) is 5.91 Å². The van der Waals surface area contributed by atoms with E-state index in [0.29, 0.717) is 31.0 Å². The average molecular weight is 649 g/mol. The van der Waals surface area contributed by atoms with E-state index in [1.54, 1.807) is 29.7 Å². The molecule has 1 aliphatic rings. The lowest BCUT2D eigenvalue weighted by molar-refractivity contribution is -0.193. The van der Waals surface area contributed by atoms with Crippen molar-refractivity contribution in [1.29, 1.82) is 0 Å². The zero-order chi connectivity index (χ0) is 33.9. The lowest BCUT2D eigenvalue weighted by atomic mass is 10.0.